The molecule has 0 spiro atoms. The highest BCUT2D eigenvalue weighted by atomic mass is 79.9. The van der Waals surface area contributed by atoms with Crippen molar-refractivity contribution in [2.24, 2.45) is 5.16 Å². The summed E-state index contributed by atoms with van der Waals surface area (Å²) in [5.74, 6) is -0.216. The Bertz CT molecular complexity index is 624. The van der Waals surface area contributed by atoms with Crippen molar-refractivity contribution in [3.8, 4) is 5.75 Å². The summed E-state index contributed by atoms with van der Waals surface area (Å²) in [4.78, 5) is 10.4. The van der Waals surface area contributed by atoms with Crippen LogP contribution in [0.5, 0.6) is 5.75 Å². The SMILES string of the molecule is C\C=C/C(=C(Oc1cc(Cl)cc(Br)c1)\C(Cl)=N\O)[N+](=O)[O-]. The van der Waals surface area contributed by atoms with Crippen LogP contribution in [-0.4, -0.2) is 15.3 Å². The molecule has 1 N–H and O–H groups in total. The maximum Gasteiger partial charge on any atom is 0.314 e. The van der Waals surface area contributed by atoms with Crippen molar-refractivity contribution in [3.63, 3.8) is 0 Å². The van der Waals surface area contributed by atoms with Gasteiger partial charge in [0.2, 0.25) is 10.9 Å². The van der Waals surface area contributed by atoms with Gasteiger partial charge in [0.25, 0.3) is 0 Å². The number of allylic oxidation sites excluding steroid dienone is 3. The smallest absolute Gasteiger partial charge is 0.314 e. The summed E-state index contributed by atoms with van der Waals surface area (Å²) in [6.07, 6.45) is 2.60. The first-order valence-electron chi connectivity index (χ1n) is 5.42. The molecular formula is C12H9BrCl2N2O4. The monoisotopic (exact) mass is 394 g/mol. The van der Waals surface area contributed by atoms with Crippen LogP contribution in [0.1, 0.15) is 6.92 Å². The molecule has 1 aromatic rings. The Morgan fingerprint density at radius 1 is 1.52 bits per heavy atom. The third-order valence-electron chi connectivity index (χ3n) is 2.09. The van der Waals surface area contributed by atoms with Crippen molar-refractivity contribution < 1.29 is 14.9 Å². The molecule has 0 radical (unpaired) electrons. The second-order valence-corrected chi connectivity index (χ2v) is 5.28. The number of halogens is 3. The van der Waals surface area contributed by atoms with Crippen LogP contribution in [-0.2, 0) is 0 Å². The van der Waals surface area contributed by atoms with Gasteiger partial charge in [-0.15, -0.1) is 0 Å². The minimum absolute atomic E-state index is 0.190. The lowest BCUT2D eigenvalue weighted by molar-refractivity contribution is -0.421. The van der Waals surface area contributed by atoms with Gasteiger partial charge in [-0.25, -0.2) is 0 Å². The lowest BCUT2D eigenvalue weighted by atomic mass is 10.3. The maximum atomic E-state index is 11.1. The summed E-state index contributed by atoms with van der Waals surface area (Å²) < 4.78 is 5.96. The highest BCUT2D eigenvalue weighted by Gasteiger charge is 2.23. The molecule has 0 aliphatic heterocycles. The van der Waals surface area contributed by atoms with Gasteiger partial charge >= 0.3 is 5.70 Å². The van der Waals surface area contributed by atoms with Crippen LogP contribution in [0.15, 0.2) is 51.4 Å². The summed E-state index contributed by atoms with van der Waals surface area (Å²) in [5.41, 5.74) is -0.462. The molecule has 9 heteroatoms. The van der Waals surface area contributed by atoms with Gasteiger partial charge in [0.15, 0.2) is 0 Å². The van der Waals surface area contributed by atoms with E-state index in [0.29, 0.717) is 9.50 Å². The molecular weight excluding hydrogens is 387 g/mol. The average molecular weight is 396 g/mol. The molecule has 1 rings (SSSR count). The fourth-order valence-corrected chi connectivity index (χ4v) is 2.29. The first kappa shape index (κ1) is 17.5. The van der Waals surface area contributed by atoms with Crippen molar-refractivity contribution in [2.75, 3.05) is 0 Å². The van der Waals surface area contributed by atoms with E-state index in [4.69, 9.17) is 33.1 Å². The Kier molecular flexibility index (Phi) is 6.67. The standard InChI is InChI=1S/C12H9BrCl2N2O4/c1-2-3-10(17(19)20)11(12(15)16-18)21-9-5-7(13)4-8(14)6-9/h2-6,18H,1H3/b3-2-,11-10-,16-12-. The number of hydrogen-bond donors (Lipinski definition) is 1. The molecule has 6 nitrogen and oxygen atoms in total. The molecule has 0 saturated heterocycles. The molecule has 0 saturated carbocycles. The van der Waals surface area contributed by atoms with E-state index in [1.54, 1.807) is 13.0 Å². The average Bonchev–Trinajstić information content (AvgIpc) is 2.40. The fraction of sp³-hybridized carbons (Fsp3) is 0.0833. The van der Waals surface area contributed by atoms with Gasteiger partial charge < -0.3 is 9.94 Å². The van der Waals surface area contributed by atoms with Gasteiger partial charge in [-0.05, 0) is 25.1 Å². The number of oxime groups is 1. The Labute approximate surface area is 138 Å². The predicted octanol–water partition coefficient (Wildman–Crippen LogP) is 4.57. The van der Waals surface area contributed by atoms with E-state index in [0.717, 1.165) is 0 Å². The second kappa shape index (κ2) is 8.02. The normalized spacial score (nSPS) is 13.2. The Hall–Kier alpha value is -1.57. The Morgan fingerprint density at radius 3 is 2.67 bits per heavy atom. The van der Waals surface area contributed by atoms with Gasteiger partial charge in [0, 0.05) is 15.6 Å². The van der Waals surface area contributed by atoms with Crippen molar-refractivity contribution in [1.82, 2.24) is 0 Å². The second-order valence-electron chi connectivity index (χ2n) is 3.57. The van der Waals surface area contributed by atoms with Crippen LogP contribution in [0.2, 0.25) is 5.02 Å². The van der Waals surface area contributed by atoms with E-state index < -0.39 is 21.6 Å². The zero-order valence-electron chi connectivity index (χ0n) is 10.6. The first-order valence-corrected chi connectivity index (χ1v) is 6.97. The van der Waals surface area contributed by atoms with Crippen LogP contribution in [0.4, 0.5) is 0 Å². The lowest BCUT2D eigenvalue weighted by Crippen LogP contribution is -2.12. The van der Waals surface area contributed by atoms with Crippen LogP contribution in [0.3, 0.4) is 0 Å². The third kappa shape index (κ3) is 5.04. The van der Waals surface area contributed by atoms with Crippen molar-refractivity contribution in [3.05, 3.63) is 61.4 Å². The van der Waals surface area contributed by atoms with E-state index >= 15 is 0 Å². The topological polar surface area (TPSA) is 85.0 Å². The molecule has 0 aliphatic rings. The Balaban J connectivity index is 3.39. The summed E-state index contributed by atoms with van der Waals surface area (Å²) in [7, 11) is 0. The molecule has 112 valence electrons. The predicted molar refractivity (Wildman–Crippen MR) is 83.7 cm³/mol. The quantitative estimate of drug-likeness (QED) is 0.197. The highest BCUT2D eigenvalue weighted by molar-refractivity contribution is 9.10. The van der Waals surface area contributed by atoms with Gasteiger partial charge in [0.1, 0.15) is 5.75 Å². The van der Waals surface area contributed by atoms with E-state index in [1.807, 2.05) is 0 Å². The van der Waals surface area contributed by atoms with E-state index in [-0.39, 0.29) is 5.75 Å². The number of nitrogens with zero attached hydrogens (tertiary/aromatic N) is 2. The molecule has 0 fully saturated rings. The summed E-state index contributed by atoms with van der Waals surface area (Å²) in [6.45, 7) is 1.58. The van der Waals surface area contributed by atoms with Gasteiger partial charge in [-0.2, -0.15) is 0 Å². The van der Waals surface area contributed by atoms with E-state index in [2.05, 4.69) is 21.1 Å². The van der Waals surface area contributed by atoms with Gasteiger partial charge in [-0.1, -0.05) is 50.4 Å². The van der Waals surface area contributed by atoms with Crippen LogP contribution < -0.4 is 4.74 Å². The first-order chi connectivity index (χ1) is 9.88. The molecule has 0 amide bonds. The fourth-order valence-electron chi connectivity index (χ4n) is 1.33. The zero-order chi connectivity index (χ0) is 16.0. The van der Waals surface area contributed by atoms with Crippen LogP contribution in [0.25, 0.3) is 0 Å². The number of benzene rings is 1. The van der Waals surface area contributed by atoms with E-state index in [9.17, 15) is 10.1 Å². The molecule has 0 bridgehead atoms. The molecule has 1 aromatic carbocycles. The summed E-state index contributed by atoms with van der Waals surface area (Å²) in [5, 5.41) is 22.3. The molecule has 0 atom stereocenters. The van der Waals surface area contributed by atoms with Crippen LogP contribution >= 0.6 is 39.1 Å². The highest BCUT2D eigenvalue weighted by Crippen LogP contribution is 2.27. The molecule has 0 unspecified atom stereocenters. The third-order valence-corrected chi connectivity index (χ3v) is 3.01. The molecule has 0 aliphatic carbocycles. The Morgan fingerprint density at radius 2 is 2.19 bits per heavy atom. The van der Waals surface area contributed by atoms with Crippen LogP contribution in [0, 0.1) is 10.1 Å². The number of nitro groups is 1. The molecule has 21 heavy (non-hydrogen) atoms. The summed E-state index contributed by atoms with van der Waals surface area (Å²) >= 11 is 14.7. The minimum atomic E-state index is -0.706. The largest absolute Gasteiger partial charge is 0.447 e. The molecule has 0 heterocycles. The zero-order valence-corrected chi connectivity index (χ0v) is 13.7. The number of rotatable bonds is 5. The summed E-state index contributed by atoms with van der Waals surface area (Å²) in [6, 6.07) is 4.57. The van der Waals surface area contributed by atoms with E-state index in [1.165, 1.54) is 24.3 Å². The van der Waals surface area contributed by atoms with Gasteiger partial charge in [0.05, 0.1) is 4.92 Å². The molecule has 0 aromatic heterocycles. The van der Waals surface area contributed by atoms with Crippen molar-refractivity contribution in [2.45, 2.75) is 6.92 Å². The van der Waals surface area contributed by atoms with Crippen molar-refractivity contribution >= 4 is 44.3 Å². The minimum Gasteiger partial charge on any atom is -0.447 e. The van der Waals surface area contributed by atoms with Crippen molar-refractivity contribution in [1.29, 1.82) is 0 Å². The van der Waals surface area contributed by atoms with Gasteiger partial charge in [-0.3, -0.25) is 10.1 Å². The maximum absolute atomic E-state index is 11.1. The number of ether oxygens (including phenoxy) is 1. The lowest BCUT2D eigenvalue weighted by Gasteiger charge is -2.08. The number of hydrogen-bond acceptors (Lipinski definition) is 5.